The molecule has 244 valence electrons. The summed E-state index contributed by atoms with van der Waals surface area (Å²) in [5.41, 5.74) is -1.03. The number of carbonyl (C=O) groups is 3. The van der Waals surface area contributed by atoms with E-state index in [0.29, 0.717) is 44.0 Å². The average molecular weight is 649 g/mol. The van der Waals surface area contributed by atoms with Gasteiger partial charge in [-0.2, -0.15) is 0 Å². The van der Waals surface area contributed by atoms with Crippen LogP contribution in [0.4, 0.5) is 10.5 Å². The standard InChI is InChI=1S/C34H40N4O7S/c1-33(2,3)45-32(41)38-21-17-24(18-22-38)23-35-31(40)34(19-20-34)36-30(39)25-13-15-27(16-14-25)46(42,43)37-28-11-7-8-12-29(28)44-26-9-5-4-6-10-26/h4-16,24,37H,17-23H2,1-3H3,(H,35,40)(H,36,39). The Balaban J connectivity index is 1.13. The van der Waals surface area contributed by atoms with E-state index in [1.54, 1.807) is 41.3 Å². The van der Waals surface area contributed by atoms with Crippen LogP contribution in [0, 0.1) is 5.92 Å². The van der Waals surface area contributed by atoms with Crippen LogP contribution in [-0.4, -0.2) is 62.0 Å². The number of nitrogens with zero attached hydrogens (tertiary/aromatic N) is 1. The van der Waals surface area contributed by atoms with Crippen LogP contribution in [0.5, 0.6) is 11.5 Å². The van der Waals surface area contributed by atoms with E-state index in [-0.39, 0.29) is 34.1 Å². The van der Waals surface area contributed by atoms with Crippen molar-refractivity contribution in [1.29, 1.82) is 0 Å². The molecule has 0 unspecified atom stereocenters. The molecule has 12 heteroatoms. The molecule has 0 aromatic heterocycles. The number of likely N-dealkylation sites (tertiary alicyclic amines) is 1. The predicted octanol–water partition coefficient (Wildman–Crippen LogP) is 5.31. The third kappa shape index (κ3) is 8.36. The van der Waals surface area contributed by atoms with Crippen LogP contribution in [0.2, 0.25) is 0 Å². The van der Waals surface area contributed by atoms with Gasteiger partial charge in [0, 0.05) is 25.2 Å². The number of amides is 3. The summed E-state index contributed by atoms with van der Waals surface area (Å²) in [5.74, 6) is 0.418. The van der Waals surface area contributed by atoms with Crippen molar-refractivity contribution in [2.24, 2.45) is 5.92 Å². The highest BCUT2D eigenvalue weighted by atomic mass is 32.2. The molecular formula is C34H40N4O7S. The third-order valence-corrected chi connectivity index (χ3v) is 9.27. The fourth-order valence-electron chi connectivity index (χ4n) is 5.12. The Labute approximate surface area is 269 Å². The molecule has 0 radical (unpaired) electrons. The number of hydrogen-bond donors (Lipinski definition) is 3. The molecule has 2 fully saturated rings. The number of rotatable bonds is 10. The Kier molecular flexibility index (Phi) is 9.57. The van der Waals surface area contributed by atoms with Gasteiger partial charge in [0.15, 0.2) is 5.75 Å². The van der Waals surface area contributed by atoms with E-state index in [4.69, 9.17) is 9.47 Å². The summed E-state index contributed by atoms with van der Waals surface area (Å²) >= 11 is 0. The highest BCUT2D eigenvalue weighted by molar-refractivity contribution is 7.92. The van der Waals surface area contributed by atoms with Gasteiger partial charge in [-0.15, -0.1) is 0 Å². The number of para-hydroxylation sites is 3. The molecule has 1 heterocycles. The maximum atomic E-state index is 13.2. The van der Waals surface area contributed by atoms with E-state index in [0.717, 1.165) is 12.8 Å². The second-order valence-electron chi connectivity index (χ2n) is 12.7. The first-order valence-electron chi connectivity index (χ1n) is 15.4. The number of sulfonamides is 1. The van der Waals surface area contributed by atoms with Crippen LogP contribution < -0.4 is 20.1 Å². The highest BCUT2D eigenvalue weighted by Crippen LogP contribution is 2.36. The molecule has 0 spiro atoms. The van der Waals surface area contributed by atoms with Gasteiger partial charge in [0.05, 0.1) is 10.6 Å². The number of piperidine rings is 1. The number of anilines is 1. The summed E-state index contributed by atoms with van der Waals surface area (Å²) in [6.07, 6.45) is 2.20. The SMILES string of the molecule is CC(C)(C)OC(=O)N1CCC(CNC(=O)C2(NC(=O)c3ccc(S(=O)(=O)Nc4ccccc4Oc4ccccc4)cc3)CC2)CC1. The highest BCUT2D eigenvalue weighted by Gasteiger charge is 2.51. The molecule has 0 bridgehead atoms. The lowest BCUT2D eigenvalue weighted by atomic mass is 9.97. The summed E-state index contributed by atoms with van der Waals surface area (Å²) in [4.78, 5) is 40.1. The van der Waals surface area contributed by atoms with Crippen molar-refractivity contribution in [3.05, 3.63) is 84.4 Å². The number of hydrogen-bond acceptors (Lipinski definition) is 7. The minimum absolute atomic E-state index is 0.0323. The fourth-order valence-corrected chi connectivity index (χ4v) is 6.19. The van der Waals surface area contributed by atoms with Crippen molar-refractivity contribution in [1.82, 2.24) is 15.5 Å². The smallest absolute Gasteiger partial charge is 0.410 e. The number of carbonyl (C=O) groups excluding carboxylic acids is 3. The van der Waals surface area contributed by atoms with Gasteiger partial charge >= 0.3 is 6.09 Å². The molecule has 3 aromatic carbocycles. The zero-order valence-electron chi connectivity index (χ0n) is 26.2. The lowest BCUT2D eigenvalue weighted by Crippen LogP contribution is -2.50. The van der Waals surface area contributed by atoms with Crippen molar-refractivity contribution in [3.63, 3.8) is 0 Å². The zero-order valence-corrected chi connectivity index (χ0v) is 27.1. The first kappa shape index (κ1) is 32.8. The summed E-state index contributed by atoms with van der Waals surface area (Å²) in [6, 6.07) is 21.3. The lowest BCUT2D eigenvalue weighted by Gasteiger charge is -2.33. The van der Waals surface area contributed by atoms with Crippen LogP contribution in [0.1, 0.15) is 56.8 Å². The van der Waals surface area contributed by atoms with Crippen molar-refractivity contribution in [3.8, 4) is 11.5 Å². The van der Waals surface area contributed by atoms with E-state index >= 15 is 0 Å². The molecule has 1 saturated carbocycles. The quantitative estimate of drug-likeness (QED) is 0.271. The topological polar surface area (TPSA) is 143 Å². The molecule has 46 heavy (non-hydrogen) atoms. The molecular weight excluding hydrogens is 608 g/mol. The van der Waals surface area contributed by atoms with Crippen LogP contribution in [0.15, 0.2) is 83.8 Å². The molecule has 11 nitrogen and oxygen atoms in total. The summed E-state index contributed by atoms with van der Waals surface area (Å²) in [5, 5.41) is 5.82. The van der Waals surface area contributed by atoms with Crippen molar-refractivity contribution in [2.45, 2.75) is 62.5 Å². The minimum Gasteiger partial charge on any atom is -0.455 e. The third-order valence-electron chi connectivity index (χ3n) is 7.88. The molecule has 0 atom stereocenters. The molecule has 3 amide bonds. The van der Waals surface area contributed by atoms with Gasteiger partial charge in [0.25, 0.3) is 15.9 Å². The van der Waals surface area contributed by atoms with Gasteiger partial charge in [0.2, 0.25) is 5.91 Å². The van der Waals surface area contributed by atoms with Crippen LogP contribution in [0.25, 0.3) is 0 Å². The average Bonchev–Trinajstić information content (AvgIpc) is 3.81. The summed E-state index contributed by atoms with van der Waals surface area (Å²) < 4.78 is 40.2. The zero-order chi connectivity index (χ0) is 33.0. The molecule has 3 aromatic rings. The van der Waals surface area contributed by atoms with Gasteiger partial charge in [-0.1, -0.05) is 30.3 Å². The van der Waals surface area contributed by atoms with Gasteiger partial charge in [-0.3, -0.25) is 14.3 Å². The first-order chi connectivity index (χ1) is 21.8. The maximum absolute atomic E-state index is 13.2. The molecule has 2 aliphatic rings. The largest absolute Gasteiger partial charge is 0.455 e. The van der Waals surface area contributed by atoms with E-state index in [9.17, 15) is 22.8 Å². The minimum atomic E-state index is -4.00. The lowest BCUT2D eigenvalue weighted by molar-refractivity contribution is -0.124. The van der Waals surface area contributed by atoms with Crippen LogP contribution in [-0.2, 0) is 19.6 Å². The molecule has 3 N–H and O–H groups in total. The molecule has 1 aliphatic carbocycles. The van der Waals surface area contributed by atoms with E-state index < -0.39 is 27.1 Å². The number of nitrogens with one attached hydrogen (secondary N) is 3. The van der Waals surface area contributed by atoms with Gasteiger partial charge in [-0.05, 0) is 101 Å². The Morgan fingerprint density at radius 3 is 2.15 bits per heavy atom. The van der Waals surface area contributed by atoms with Crippen LogP contribution >= 0.6 is 0 Å². The molecule has 1 aliphatic heterocycles. The normalized spacial score (nSPS) is 16.2. The Hall–Kier alpha value is -4.58. The Morgan fingerprint density at radius 2 is 1.52 bits per heavy atom. The number of ether oxygens (including phenoxy) is 2. The van der Waals surface area contributed by atoms with Crippen molar-refractivity contribution < 1.29 is 32.3 Å². The first-order valence-corrected chi connectivity index (χ1v) is 16.9. The van der Waals surface area contributed by atoms with Crippen molar-refractivity contribution in [2.75, 3.05) is 24.4 Å². The molecule has 5 rings (SSSR count). The van der Waals surface area contributed by atoms with E-state index in [1.165, 1.54) is 24.3 Å². The molecule has 1 saturated heterocycles. The number of benzene rings is 3. The second-order valence-corrected chi connectivity index (χ2v) is 14.4. The van der Waals surface area contributed by atoms with Gasteiger partial charge in [-0.25, -0.2) is 13.2 Å². The predicted molar refractivity (Wildman–Crippen MR) is 173 cm³/mol. The Bertz CT molecular complexity index is 1660. The second kappa shape index (κ2) is 13.4. The Morgan fingerprint density at radius 1 is 0.891 bits per heavy atom. The van der Waals surface area contributed by atoms with Crippen molar-refractivity contribution >= 4 is 33.6 Å². The van der Waals surface area contributed by atoms with Gasteiger partial charge < -0.3 is 25.0 Å². The van der Waals surface area contributed by atoms with Crippen LogP contribution in [0.3, 0.4) is 0 Å². The summed E-state index contributed by atoms with van der Waals surface area (Å²) in [7, 11) is -4.00. The fraction of sp³-hybridized carbons (Fsp3) is 0.382. The van der Waals surface area contributed by atoms with E-state index in [1.807, 2.05) is 39.0 Å². The van der Waals surface area contributed by atoms with Gasteiger partial charge in [0.1, 0.15) is 16.9 Å². The maximum Gasteiger partial charge on any atom is 0.410 e. The van der Waals surface area contributed by atoms with E-state index in [2.05, 4.69) is 15.4 Å². The monoisotopic (exact) mass is 648 g/mol. The summed E-state index contributed by atoms with van der Waals surface area (Å²) in [6.45, 7) is 7.09.